The first-order valence-electron chi connectivity index (χ1n) is 8.22. The molecule has 0 aromatic heterocycles. The highest BCUT2D eigenvalue weighted by Crippen LogP contribution is 2.33. The summed E-state index contributed by atoms with van der Waals surface area (Å²) in [7, 11) is 3.29. The van der Waals surface area contributed by atoms with Gasteiger partial charge in [-0.25, -0.2) is 0 Å². The zero-order valence-corrected chi connectivity index (χ0v) is 14.7. The number of ether oxygens (including phenoxy) is 2. The van der Waals surface area contributed by atoms with E-state index < -0.39 is 0 Å². The van der Waals surface area contributed by atoms with Gasteiger partial charge >= 0.3 is 0 Å². The van der Waals surface area contributed by atoms with Crippen molar-refractivity contribution in [1.29, 1.82) is 0 Å². The van der Waals surface area contributed by atoms with E-state index in [4.69, 9.17) is 15.2 Å². The van der Waals surface area contributed by atoms with Gasteiger partial charge in [0.2, 0.25) is 0 Å². The maximum absolute atomic E-state index is 5.98. The molecule has 5 nitrogen and oxygen atoms in total. The molecule has 1 aromatic rings. The Labute approximate surface area is 139 Å². The van der Waals surface area contributed by atoms with Crippen molar-refractivity contribution in [1.82, 2.24) is 5.32 Å². The zero-order valence-electron chi connectivity index (χ0n) is 14.7. The van der Waals surface area contributed by atoms with Gasteiger partial charge in [-0.2, -0.15) is 0 Å². The van der Waals surface area contributed by atoms with Crippen LogP contribution in [0.4, 0.5) is 0 Å². The third-order valence-corrected chi connectivity index (χ3v) is 4.61. The van der Waals surface area contributed by atoms with Gasteiger partial charge in [0, 0.05) is 12.0 Å². The standard InChI is InChI=1S/C18H29N3O2/c1-18(2,12-21-17(19)20-11-13-6-5-7-13)14-8-9-15(22-3)16(10-14)23-4/h8-10,13H,5-7,11-12H2,1-4H3,(H3,19,20,21). The predicted octanol–water partition coefficient (Wildman–Crippen LogP) is 2.69. The molecule has 0 bridgehead atoms. The molecular formula is C18H29N3O2. The highest BCUT2D eigenvalue weighted by atomic mass is 16.5. The summed E-state index contributed by atoms with van der Waals surface area (Å²) in [6.45, 7) is 5.85. The number of benzene rings is 1. The van der Waals surface area contributed by atoms with Crippen LogP contribution in [0.5, 0.6) is 11.5 Å². The molecule has 0 saturated heterocycles. The average Bonchev–Trinajstić information content (AvgIpc) is 2.50. The Morgan fingerprint density at radius 1 is 1.26 bits per heavy atom. The quantitative estimate of drug-likeness (QED) is 0.599. The molecule has 0 atom stereocenters. The molecule has 0 unspecified atom stereocenters. The number of methoxy groups -OCH3 is 2. The second-order valence-electron chi connectivity index (χ2n) is 6.83. The Morgan fingerprint density at radius 2 is 1.96 bits per heavy atom. The number of hydrogen-bond acceptors (Lipinski definition) is 3. The summed E-state index contributed by atoms with van der Waals surface area (Å²) >= 11 is 0. The number of hydrogen-bond donors (Lipinski definition) is 2. The Kier molecular flexibility index (Phi) is 5.74. The molecule has 1 fully saturated rings. The Bertz CT molecular complexity index is 551. The maximum Gasteiger partial charge on any atom is 0.188 e. The van der Waals surface area contributed by atoms with Crippen LogP contribution in [0.1, 0.15) is 38.7 Å². The summed E-state index contributed by atoms with van der Waals surface area (Å²) in [5.74, 6) is 2.77. The molecule has 0 radical (unpaired) electrons. The predicted molar refractivity (Wildman–Crippen MR) is 94.4 cm³/mol. The minimum atomic E-state index is -0.137. The van der Waals surface area contributed by atoms with E-state index in [1.807, 2.05) is 12.1 Å². The fourth-order valence-corrected chi connectivity index (χ4v) is 2.63. The van der Waals surface area contributed by atoms with Crippen molar-refractivity contribution in [3.05, 3.63) is 23.8 Å². The van der Waals surface area contributed by atoms with Gasteiger partial charge in [0.1, 0.15) is 0 Å². The van der Waals surface area contributed by atoms with Crippen LogP contribution in [-0.2, 0) is 5.41 Å². The van der Waals surface area contributed by atoms with Crippen LogP contribution in [0.15, 0.2) is 23.2 Å². The molecule has 3 N–H and O–H groups in total. The SMILES string of the molecule is COc1ccc(C(C)(C)CN=C(N)NCC2CCC2)cc1OC. The van der Waals surface area contributed by atoms with E-state index in [0.717, 1.165) is 29.5 Å². The minimum absolute atomic E-state index is 0.137. The summed E-state index contributed by atoms with van der Waals surface area (Å²) in [6, 6.07) is 5.99. The largest absolute Gasteiger partial charge is 0.493 e. The van der Waals surface area contributed by atoms with Crippen LogP contribution in [0.25, 0.3) is 0 Å². The van der Waals surface area contributed by atoms with Crippen molar-refractivity contribution in [3.8, 4) is 11.5 Å². The molecule has 2 rings (SSSR count). The third-order valence-electron chi connectivity index (χ3n) is 4.61. The van der Waals surface area contributed by atoms with Crippen LogP contribution >= 0.6 is 0 Å². The Balaban J connectivity index is 1.99. The van der Waals surface area contributed by atoms with Crippen molar-refractivity contribution in [3.63, 3.8) is 0 Å². The fraction of sp³-hybridized carbons (Fsp3) is 0.611. The van der Waals surface area contributed by atoms with Crippen LogP contribution in [-0.4, -0.2) is 33.3 Å². The van der Waals surface area contributed by atoms with Gasteiger partial charge in [0.25, 0.3) is 0 Å². The highest BCUT2D eigenvalue weighted by Gasteiger charge is 2.22. The molecule has 1 aliphatic carbocycles. The molecule has 0 aliphatic heterocycles. The summed E-state index contributed by atoms with van der Waals surface area (Å²) in [4.78, 5) is 4.51. The summed E-state index contributed by atoms with van der Waals surface area (Å²) in [5.41, 5.74) is 6.99. The number of nitrogens with zero attached hydrogens (tertiary/aromatic N) is 1. The number of nitrogens with one attached hydrogen (secondary N) is 1. The van der Waals surface area contributed by atoms with E-state index in [1.165, 1.54) is 19.3 Å². The van der Waals surface area contributed by atoms with Gasteiger partial charge in [-0.15, -0.1) is 0 Å². The fourth-order valence-electron chi connectivity index (χ4n) is 2.63. The first-order chi connectivity index (χ1) is 11.0. The lowest BCUT2D eigenvalue weighted by molar-refractivity contribution is 0.315. The van der Waals surface area contributed by atoms with Crippen molar-refractivity contribution < 1.29 is 9.47 Å². The molecule has 128 valence electrons. The van der Waals surface area contributed by atoms with Crippen molar-refractivity contribution in [2.24, 2.45) is 16.6 Å². The van der Waals surface area contributed by atoms with E-state index in [2.05, 4.69) is 30.2 Å². The number of rotatable bonds is 7. The van der Waals surface area contributed by atoms with Crippen LogP contribution < -0.4 is 20.5 Å². The average molecular weight is 319 g/mol. The Hall–Kier alpha value is -1.91. The topological polar surface area (TPSA) is 68.9 Å². The summed E-state index contributed by atoms with van der Waals surface area (Å²) in [6.07, 6.45) is 3.95. The molecule has 1 saturated carbocycles. The number of guanidine groups is 1. The second kappa shape index (κ2) is 7.57. The second-order valence-corrected chi connectivity index (χ2v) is 6.83. The lowest BCUT2D eigenvalue weighted by Crippen LogP contribution is -2.38. The van der Waals surface area contributed by atoms with E-state index in [9.17, 15) is 0 Å². The van der Waals surface area contributed by atoms with Gasteiger partial charge in [-0.05, 0) is 36.5 Å². The molecule has 0 heterocycles. The molecule has 1 aromatic carbocycles. The highest BCUT2D eigenvalue weighted by molar-refractivity contribution is 5.77. The smallest absolute Gasteiger partial charge is 0.188 e. The molecule has 1 aliphatic rings. The van der Waals surface area contributed by atoms with E-state index in [1.54, 1.807) is 14.2 Å². The summed E-state index contributed by atoms with van der Waals surface area (Å²) in [5, 5.41) is 3.23. The maximum atomic E-state index is 5.98. The number of nitrogens with two attached hydrogens (primary N) is 1. The van der Waals surface area contributed by atoms with Gasteiger partial charge < -0.3 is 20.5 Å². The molecule has 23 heavy (non-hydrogen) atoms. The normalized spacial score (nSPS) is 15.9. The van der Waals surface area contributed by atoms with Gasteiger partial charge in [0.15, 0.2) is 17.5 Å². The monoisotopic (exact) mass is 319 g/mol. The first-order valence-corrected chi connectivity index (χ1v) is 8.22. The number of aliphatic imine (C=N–C) groups is 1. The Morgan fingerprint density at radius 3 is 2.52 bits per heavy atom. The van der Waals surface area contributed by atoms with E-state index in [0.29, 0.717) is 12.5 Å². The molecule has 0 amide bonds. The lowest BCUT2D eigenvalue weighted by atomic mass is 9.84. The van der Waals surface area contributed by atoms with Gasteiger partial charge in [-0.1, -0.05) is 26.3 Å². The van der Waals surface area contributed by atoms with E-state index >= 15 is 0 Å². The van der Waals surface area contributed by atoms with Gasteiger partial charge in [0.05, 0.1) is 20.8 Å². The molecule has 0 spiro atoms. The zero-order chi connectivity index (χ0) is 16.9. The van der Waals surface area contributed by atoms with E-state index in [-0.39, 0.29) is 5.41 Å². The molecular weight excluding hydrogens is 290 g/mol. The van der Waals surface area contributed by atoms with Crippen molar-refractivity contribution >= 4 is 5.96 Å². The van der Waals surface area contributed by atoms with Gasteiger partial charge in [-0.3, -0.25) is 4.99 Å². The van der Waals surface area contributed by atoms with Crippen molar-refractivity contribution in [2.45, 2.75) is 38.5 Å². The van der Waals surface area contributed by atoms with Crippen LogP contribution in [0.2, 0.25) is 0 Å². The summed E-state index contributed by atoms with van der Waals surface area (Å²) < 4.78 is 10.7. The van der Waals surface area contributed by atoms with Crippen LogP contribution in [0, 0.1) is 5.92 Å². The lowest BCUT2D eigenvalue weighted by Gasteiger charge is -2.26. The minimum Gasteiger partial charge on any atom is -0.493 e. The third kappa shape index (κ3) is 4.53. The first kappa shape index (κ1) is 17.4. The van der Waals surface area contributed by atoms with Crippen molar-refractivity contribution in [2.75, 3.05) is 27.3 Å². The molecule has 5 heteroatoms. The van der Waals surface area contributed by atoms with Crippen LogP contribution in [0.3, 0.4) is 0 Å².